The van der Waals surface area contributed by atoms with E-state index >= 15 is 0 Å². The summed E-state index contributed by atoms with van der Waals surface area (Å²) in [5, 5.41) is 0. The highest BCUT2D eigenvalue weighted by Gasteiger charge is 2.27. The van der Waals surface area contributed by atoms with Crippen molar-refractivity contribution in [1.29, 1.82) is 0 Å². The van der Waals surface area contributed by atoms with E-state index in [1.165, 1.54) is 12.1 Å². The van der Waals surface area contributed by atoms with Crippen LogP contribution in [0.3, 0.4) is 0 Å². The van der Waals surface area contributed by atoms with Crippen LogP contribution in [0.5, 0.6) is 11.5 Å². The van der Waals surface area contributed by atoms with Gasteiger partial charge in [-0.15, -0.1) is 0 Å². The van der Waals surface area contributed by atoms with Crippen LogP contribution in [0.15, 0.2) is 18.2 Å². The summed E-state index contributed by atoms with van der Waals surface area (Å²) in [6.07, 6.45) is 1.02. The van der Waals surface area contributed by atoms with Crippen LogP contribution >= 0.6 is 0 Å². The average Bonchev–Trinajstić information content (AvgIpc) is 3.11. The molecule has 2 aliphatic heterocycles. The molecular formula is C14H13NO6. The molecule has 0 aromatic heterocycles. The van der Waals surface area contributed by atoms with Gasteiger partial charge in [-0.1, -0.05) is 0 Å². The molecule has 0 bridgehead atoms. The van der Waals surface area contributed by atoms with E-state index in [0.29, 0.717) is 30.9 Å². The number of ether oxygens (including phenoxy) is 3. The molecule has 0 N–H and O–H groups in total. The number of hydrogen-bond acceptors (Lipinski definition) is 6. The lowest BCUT2D eigenvalue weighted by Gasteiger charge is -2.13. The fourth-order valence-corrected chi connectivity index (χ4v) is 2.22. The first-order valence-corrected chi connectivity index (χ1v) is 6.55. The van der Waals surface area contributed by atoms with Crippen molar-refractivity contribution in [1.82, 2.24) is 4.90 Å². The number of carbonyl (C=O) groups excluding carboxylic acids is 3. The highest BCUT2D eigenvalue weighted by atomic mass is 16.7. The second-order valence-electron chi connectivity index (χ2n) is 4.69. The number of nitrogens with zero attached hydrogens (tertiary/aromatic N) is 1. The fraction of sp³-hybridized carbons (Fsp3) is 0.357. The number of carbonyl (C=O) groups is 3. The van der Waals surface area contributed by atoms with Gasteiger partial charge in [0.2, 0.25) is 12.7 Å². The van der Waals surface area contributed by atoms with Gasteiger partial charge < -0.3 is 14.2 Å². The monoisotopic (exact) mass is 291 g/mol. The molecule has 1 saturated heterocycles. The van der Waals surface area contributed by atoms with Gasteiger partial charge in [0.1, 0.15) is 0 Å². The molecule has 0 saturated carbocycles. The molecule has 110 valence electrons. The van der Waals surface area contributed by atoms with Gasteiger partial charge in [-0.25, -0.2) is 4.79 Å². The molecule has 2 aliphatic rings. The summed E-state index contributed by atoms with van der Waals surface area (Å²) < 4.78 is 15.2. The maximum absolute atomic E-state index is 11.9. The van der Waals surface area contributed by atoms with E-state index in [0.717, 1.165) is 4.90 Å². The Morgan fingerprint density at radius 3 is 2.81 bits per heavy atom. The van der Waals surface area contributed by atoms with Crippen LogP contribution in [-0.2, 0) is 14.3 Å². The van der Waals surface area contributed by atoms with Gasteiger partial charge in [0.05, 0.1) is 5.56 Å². The van der Waals surface area contributed by atoms with Crippen molar-refractivity contribution in [3.8, 4) is 11.5 Å². The van der Waals surface area contributed by atoms with Gasteiger partial charge in [-0.2, -0.15) is 0 Å². The first-order valence-electron chi connectivity index (χ1n) is 6.55. The molecule has 1 aromatic rings. The Bertz CT molecular complexity index is 611. The Balaban J connectivity index is 1.59. The fourth-order valence-electron chi connectivity index (χ4n) is 2.22. The topological polar surface area (TPSA) is 82.1 Å². The third-order valence-electron chi connectivity index (χ3n) is 3.31. The maximum atomic E-state index is 11.9. The Hall–Kier alpha value is -2.57. The number of imide groups is 1. The van der Waals surface area contributed by atoms with E-state index in [9.17, 15) is 14.4 Å². The van der Waals surface area contributed by atoms with E-state index in [4.69, 9.17) is 14.2 Å². The highest BCUT2D eigenvalue weighted by molar-refractivity contribution is 5.98. The van der Waals surface area contributed by atoms with E-state index < -0.39 is 18.5 Å². The van der Waals surface area contributed by atoms with Crippen LogP contribution in [0.4, 0.5) is 0 Å². The third-order valence-corrected chi connectivity index (χ3v) is 3.31. The zero-order chi connectivity index (χ0) is 14.8. The molecule has 0 spiro atoms. The molecule has 1 aromatic carbocycles. The summed E-state index contributed by atoms with van der Waals surface area (Å²) in [7, 11) is 0. The highest BCUT2D eigenvalue weighted by Crippen LogP contribution is 2.32. The molecule has 0 atom stereocenters. The smallest absolute Gasteiger partial charge is 0.338 e. The maximum Gasteiger partial charge on any atom is 0.338 e. The molecule has 2 amide bonds. The van der Waals surface area contributed by atoms with Crippen molar-refractivity contribution in [2.75, 3.05) is 19.9 Å². The number of amides is 2. The number of likely N-dealkylation sites (tertiary alicyclic amines) is 1. The molecule has 0 radical (unpaired) electrons. The van der Waals surface area contributed by atoms with E-state index in [-0.39, 0.29) is 18.3 Å². The average molecular weight is 291 g/mol. The second-order valence-corrected chi connectivity index (χ2v) is 4.69. The summed E-state index contributed by atoms with van der Waals surface area (Å²) in [6.45, 7) is 0.0572. The zero-order valence-electron chi connectivity index (χ0n) is 11.2. The summed E-state index contributed by atoms with van der Waals surface area (Å²) in [5.74, 6) is -0.338. The van der Waals surface area contributed by atoms with Crippen molar-refractivity contribution in [2.24, 2.45) is 0 Å². The first-order chi connectivity index (χ1) is 10.1. The number of esters is 1. The predicted molar refractivity (Wildman–Crippen MR) is 68.8 cm³/mol. The summed E-state index contributed by atoms with van der Waals surface area (Å²) in [5.41, 5.74) is 0.264. The van der Waals surface area contributed by atoms with E-state index in [2.05, 4.69) is 0 Å². The summed E-state index contributed by atoms with van der Waals surface area (Å²) in [6, 6.07) is 4.63. The molecule has 3 rings (SSSR count). The minimum absolute atomic E-state index is 0.114. The quantitative estimate of drug-likeness (QED) is 0.763. The number of fused-ring (bicyclic) bond motifs is 1. The van der Waals surface area contributed by atoms with Crippen LogP contribution < -0.4 is 9.47 Å². The van der Waals surface area contributed by atoms with Crippen molar-refractivity contribution in [2.45, 2.75) is 12.8 Å². The van der Waals surface area contributed by atoms with Gasteiger partial charge in [-0.05, 0) is 24.6 Å². The molecule has 0 aliphatic carbocycles. The van der Waals surface area contributed by atoms with Crippen molar-refractivity contribution in [3.63, 3.8) is 0 Å². The number of rotatable bonds is 3. The Labute approximate surface area is 120 Å². The van der Waals surface area contributed by atoms with Gasteiger partial charge in [0.15, 0.2) is 18.1 Å². The van der Waals surface area contributed by atoms with Crippen molar-refractivity contribution >= 4 is 17.8 Å². The van der Waals surface area contributed by atoms with E-state index in [1.807, 2.05) is 0 Å². The molecule has 7 heteroatoms. The minimum Gasteiger partial charge on any atom is -0.454 e. The van der Waals surface area contributed by atoms with Crippen LogP contribution in [0, 0.1) is 0 Å². The van der Waals surface area contributed by atoms with Crippen LogP contribution in [0.2, 0.25) is 0 Å². The number of hydrogen-bond donors (Lipinski definition) is 0. The lowest BCUT2D eigenvalue weighted by Crippen LogP contribution is -2.35. The number of benzene rings is 1. The molecule has 2 heterocycles. The third kappa shape index (κ3) is 2.67. The predicted octanol–water partition coefficient (Wildman–Crippen LogP) is 0.721. The van der Waals surface area contributed by atoms with Gasteiger partial charge in [-0.3, -0.25) is 14.5 Å². The van der Waals surface area contributed by atoms with Gasteiger partial charge in [0, 0.05) is 13.0 Å². The zero-order valence-corrected chi connectivity index (χ0v) is 11.2. The van der Waals surface area contributed by atoms with Crippen molar-refractivity contribution in [3.05, 3.63) is 23.8 Å². The van der Waals surface area contributed by atoms with E-state index in [1.54, 1.807) is 6.07 Å². The van der Waals surface area contributed by atoms with Crippen LogP contribution in [-0.4, -0.2) is 42.6 Å². The Kier molecular flexibility index (Phi) is 3.47. The van der Waals surface area contributed by atoms with Crippen LogP contribution in [0.25, 0.3) is 0 Å². The lowest BCUT2D eigenvalue weighted by molar-refractivity contribution is -0.143. The second kappa shape index (κ2) is 5.43. The molecule has 21 heavy (non-hydrogen) atoms. The normalized spacial score (nSPS) is 16.2. The molecule has 1 fully saturated rings. The summed E-state index contributed by atoms with van der Waals surface area (Å²) in [4.78, 5) is 36.1. The van der Waals surface area contributed by atoms with Gasteiger partial charge >= 0.3 is 5.97 Å². The standard InChI is InChI=1S/C14H13NO6/c16-12-2-1-5-15(12)13(17)7-19-14(18)9-3-4-10-11(6-9)21-8-20-10/h3-4,6H,1-2,5,7-8H2. The molecule has 0 unspecified atom stereocenters. The lowest BCUT2D eigenvalue weighted by atomic mass is 10.2. The molecule has 7 nitrogen and oxygen atoms in total. The minimum atomic E-state index is -0.645. The first kappa shape index (κ1) is 13.4. The summed E-state index contributed by atoms with van der Waals surface area (Å²) >= 11 is 0. The Morgan fingerprint density at radius 2 is 2.05 bits per heavy atom. The SMILES string of the molecule is O=C(OCC(=O)N1CCCC1=O)c1ccc2c(c1)OCO2. The molecular weight excluding hydrogens is 278 g/mol. The Morgan fingerprint density at radius 1 is 1.24 bits per heavy atom. The van der Waals surface area contributed by atoms with Crippen molar-refractivity contribution < 1.29 is 28.6 Å². The van der Waals surface area contributed by atoms with Crippen LogP contribution in [0.1, 0.15) is 23.2 Å². The van der Waals surface area contributed by atoms with Gasteiger partial charge in [0.25, 0.3) is 5.91 Å². The largest absolute Gasteiger partial charge is 0.454 e.